The number of nitrogens with one attached hydrogen (secondary N) is 1. The van der Waals surface area contributed by atoms with E-state index in [0.717, 1.165) is 32.2 Å². The molecule has 1 heterocycles. The van der Waals surface area contributed by atoms with Crippen molar-refractivity contribution in [1.29, 1.82) is 0 Å². The Hall–Kier alpha value is -0.870. The Kier molecular flexibility index (Phi) is 4.18. The summed E-state index contributed by atoms with van der Waals surface area (Å²) < 4.78 is 13.4. The Morgan fingerprint density at radius 1 is 1.53 bits per heavy atom. The molecule has 0 spiro atoms. The van der Waals surface area contributed by atoms with Crippen LogP contribution >= 0.6 is 11.6 Å². The molecule has 5 heteroatoms. The van der Waals surface area contributed by atoms with Gasteiger partial charge in [0, 0.05) is 18.8 Å². The highest BCUT2D eigenvalue weighted by Gasteiger charge is 2.19. The number of aromatic nitrogens is 1. The van der Waals surface area contributed by atoms with Crippen LogP contribution in [0.2, 0.25) is 5.02 Å². The second-order valence-corrected chi connectivity index (χ2v) is 5.09. The number of hydrogen-bond acceptors (Lipinski definition) is 3. The summed E-state index contributed by atoms with van der Waals surface area (Å²) in [5.41, 5.74) is 5.91. The lowest BCUT2D eigenvalue weighted by Gasteiger charge is -2.26. The van der Waals surface area contributed by atoms with E-state index in [2.05, 4.69) is 10.3 Å². The topological polar surface area (TPSA) is 50.9 Å². The van der Waals surface area contributed by atoms with Gasteiger partial charge < -0.3 is 11.1 Å². The van der Waals surface area contributed by atoms with Crippen LogP contribution in [0.4, 0.5) is 10.2 Å². The zero-order chi connectivity index (χ0) is 12.3. The van der Waals surface area contributed by atoms with Gasteiger partial charge in [0.25, 0.3) is 0 Å². The number of hydrogen-bond donors (Lipinski definition) is 2. The lowest BCUT2D eigenvalue weighted by atomic mass is 9.86. The number of pyridine rings is 1. The summed E-state index contributed by atoms with van der Waals surface area (Å²) in [5, 5.41) is 3.34. The van der Waals surface area contributed by atoms with Crippen LogP contribution in [0.15, 0.2) is 12.3 Å². The highest BCUT2D eigenvalue weighted by molar-refractivity contribution is 6.30. The van der Waals surface area contributed by atoms with Gasteiger partial charge in [-0.25, -0.2) is 9.37 Å². The summed E-state index contributed by atoms with van der Waals surface area (Å²) in [5.74, 6) is 0.377. The minimum atomic E-state index is -0.405. The van der Waals surface area contributed by atoms with Crippen LogP contribution in [0.5, 0.6) is 0 Å². The van der Waals surface area contributed by atoms with E-state index < -0.39 is 5.82 Å². The third kappa shape index (κ3) is 3.54. The summed E-state index contributed by atoms with van der Waals surface area (Å²) >= 11 is 5.64. The third-order valence-electron chi connectivity index (χ3n) is 3.19. The van der Waals surface area contributed by atoms with Crippen LogP contribution in [-0.4, -0.2) is 17.6 Å². The van der Waals surface area contributed by atoms with Crippen molar-refractivity contribution in [3.63, 3.8) is 0 Å². The molecule has 0 bridgehead atoms. The first kappa shape index (κ1) is 12.6. The minimum Gasteiger partial charge on any atom is -0.367 e. The second kappa shape index (κ2) is 5.65. The number of rotatable bonds is 3. The molecule has 1 aliphatic carbocycles. The quantitative estimate of drug-likeness (QED) is 0.876. The zero-order valence-corrected chi connectivity index (χ0v) is 10.4. The van der Waals surface area contributed by atoms with Gasteiger partial charge in [0.1, 0.15) is 0 Å². The highest BCUT2D eigenvalue weighted by Crippen LogP contribution is 2.24. The van der Waals surface area contributed by atoms with E-state index in [1.54, 1.807) is 0 Å². The largest absolute Gasteiger partial charge is 0.367 e. The SMILES string of the molecule is NC1CCCC(CNc2ncc(Cl)cc2F)C1. The van der Waals surface area contributed by atoms with Gasteiger partial charge in [0.05, 0.1) is 5.02 Å². The maximum atomic E-state index is 13.4. The summed E-state index contributed by atoms with van der Waals surface area (Å²) in [6.45, 7) is 0.721. The van der Waals surface area contributed by atoms with E-state index in [4.69, 9.17) is 17.3 Å². The molecule has 2 rings (SSSR count). The lowest BCUT2D eigenvalue weighted by Crippen LogP contribution is -2.31. The van der Waals surface area contributed by atoms with Gasteiger partial charge in [-0.05, 0) is 31.2 Å². The Labute approximate surface area is 106 Å². The average molecular weight is 258 g/mol. The van der Waals surface area contributed by atoms with Gasteiger partial charge in [-0.1, -0.05) is 18.0 Å². The fourth-order valence-electron chi connectivity index (χ4n) is 2.30. The van der Waals surface area contributed by atoms with Crippen molar-refractivity contribution >= 4 is 17.4 Å². The summed E-state index contributed by atoms with van der Waals surface area (Å²) in [7, 11) is 0. The predicted octanol–water partition coefficient (Wildman–Crippen LogP) is 2.80. The van der Waals surface area contributed by atoms with Crippen molar-refractivity contribution in [3.8, 4) is 0 Å². The van der Waals surface area contributed by atoms with E-state index in [-0.39, 0.29) is 5.82 Å². The van der Waals surface area contributed by atoms with Crippen molar-refractivity contribution in [2.45, 2.75) is 31.7 Å². The molecule has 3 nitrogen and oxygen atoms in total. The molecule has 0 aromatic carbocycles. The standard InChI is InChI=1S/C12H17ClFN3/c13-9-5-11(14)12(17-7-9)16-6-8-2-1-3-10(15)4-8/h5,7-8,10H,1-4,6,15H2,(H,16,17). The number of nitrogens with two attached hydrogens (primary N) is 1. The van der Waals surface area contributed by atoms with Crippen molar-refractivity contribution in [3.05, 3.63) is 23.1 Å². The predicted molar refractivity (Wildman–Crippen MR) is 67.6 cm³/mol. The molecule has 0 radical (unpaired) electrons. The van der Waals surface area contributed by atoms with Gasteiger partial charge in [0.2, 0.25) is 0 Å². The molecule has 0 amide bonds. The molecular weight excluding hydrogens is 241 g/mol. The van der Waals surface area contributed by atoms with Crippen molar-refractivity contribution < 1.29 is 4.39 Å². The van der Waals surface area contributed by atoms with E-state index in [9.17, 15) is 4.39 Å². The van der Waals surface area contributed by atoms with Crippen LogP contribution in [0.3, 0.4) is 0 Å². The lowest BCUT2D eigenvalue weighted by molar-refractivity contribution is 0.334. The van der Waals surface area contributed by atoms with Crippen molar-refractivity contribution in [2.75, 3.05) is 11.9 Å². The van der Waals surface area contributed by atoms with Crippen LogP contribution in [0, 0.1) is 11.7 Å². The molecule has 1 aliphatic rings. The Bertz CT molecular complexity index is 386. The normalized spacial score (nSPS) is 24.6. The molecule has 3 N–H and O–H groups in total. The van der Waals surface area contributed by atoms with Gasteiger partial charge >= 0.3 is 0 Å². The molecule has 2 unspecified atom stereocenters. The molecule has 0 saturated heterocycles. The molecule has 1 saturated carbocycles. The smallest absolute Gasteiger partial charge is 0.166 e. The monoisotopic (exact) mass is 257 g/mol. The number of nitrogens with zero attached hydrogens (tertiary/aromatic N) is 1. The van der Waals surface area contributed by atoms with Gasteiger partial charge in [0.15, 0.2) is 11.6 Å². The maximum absolute atomic E-state index is 13.4. The van der Waals surface area contributed by atoms with E-state index in [1.165, 1.54) is 12.3 Å². The Balaban J connectivity index is 1.88. The summed E-state index contributed by atoms with van der Waals surface area (Å²) in [6.07, 6.45) is 5.85. The van der Waals surface area contributed by atoms with Gasteiger partial charge in [-0.2, -0.15) is 0 Å². The van der Waals surface area contributed by atoms with Crippen LogP contribution in [0.1, 0.15) is 25.7 Å². The van der Waals surface area contributed by atoms with Gasteiger partial charge in [-0.3, -0.25) is 0 Å². The molecule has 1 fully saturated rings. The minimum absolute atomic E-state index is 0.272. The summed E-state index contributed by atoms with van der Waals surface area (Å²) in [4.78, 5) is 3.93. The molecule has 94 valence electrons. The highest BCUT2D eigenvalue weighted by atomic mass is 35.5. The number of halogens is 2. The average Bonchev–Trinajstić information content (AvgIpc) is 2.28. The van der Waals surface area contributed by atoms with Crippen molar-refractivity contribution in [1.82, 2.24) is 4.98 Å². The molecule has 2 atom stereocenters. The molecular formula is C12H17ClFN3. The first-order valence-corrected chi connectivity index (χ1v) is 6.33. The van der Waals surface area contributed by atoms with E-state index >= 15 is 0 Å². The third-order valence-corrected chi connectivity index (χ3v) is 3.40. The maximum Gasteiger partial charge on any atom is 0.166 e. The van der Waals surface area contributed by atoms with Crippen LogP contribution in [-0.2, 0) is 0 Å². The molecule has 0 aliphatic heterocycles. The molecule has 1 aromatic heterocycles. The Morgan fingerprint density at radius 3 is 3.06 bits per heavy atom. The second-order valence-electron chi connectivity index (χ2n) is 4.66. The number of anilines is 1. The van der Waals surface area contributed by atoms with Crippen LogP contribution in [0.25, 0.3) is 0 Å². The van der Waals surface area contributed by atoms with Crippen molar-refractivity contribution in [2.24, 2.45) is 11.7 Å². The first-order chi connectivity index (χ1) is 8.15. The fraction of sp³-hybridized carbons (Fsp3) is 0.583. The summed E-state index contributed by atoms with van der Waals surface area (Å²) in [6, 6.07) is 1.56. The van der Waals surface area contributed by atoms with Crippen LogP contribution < -0.4 is 11.1 Å². The molecule has 1 aromatic rings. The van der Waals surface area contributed by atoms with Gasteiger partial charge in [-0.15, -0.1) is 0 Å². The van der Waals surface area contributed by atoms with E-state index in [0.29, 0.717) is 17.0 Å². The Morgan fingerprint density at radius 2 is 2.35 bits per heavy atom. The first-order valence-electron chi connectivity index (χ1n) is 5.95. The molecule has 17 heavy (non-hydrogen) atoms. The fourth-order valence-corrected chi connectivity index (χ4v) is 2.45. The van der Waals surface area contributed by atoms with E-state index in [1.807, 2.05) is 0 Å². The zero-order valence-electron chi connectivity index (χ0n) is 9.63.